The normalized spacial score (nSPS) is 10.5. The number of nitrogens with two attached hydrogens (primary N) is 1. The summed E-state index contributed by atoms with van der Waals surface area (Å²) >= 11 is 0. The van der Waals surface area contributed by atoms with Crippen LogP contribution in [0.4, 0.5) is 11.4 Å². The molecule has 5 nitrogen and oxygen atoms in total. The first-order chi connectivity index (χ1) is 10.2. The molecule has 2 aromatic heterocycles. The Morgan fingerprint density at radius 3 is 2.95 bits per heavy atom. The monoisotopic (exact) mass is 279 g/mol. The van der Waals surface area contributed by atoms with Gasteiger partial charge < -0.3 is 11.1 Å². The van der Waals surface area contributed by atoms with Crippen LogP contribution in [0.3, 0.4) is 0 Å². The van der Waals surface area contributed by atoms with Crippen molar-refractivity contribution in [1.82, 2.24) is 14.8 Å². The van der Waals surface area contributed by atoms with Crippen molar-refractivity contribution in [2.24, 2.45) is 0 Å². The topological polar surface area (TPSA) is 68.8 Å². The molecule has 0 aliphatic rings. The molecule has 0 atom stereocenters. The molecule has 3 rings (SSSR count). The van der Waals surface area contributed by atoms with E-state index in [0.717, 1.165) is 22.8 Å². The molecule has 0 bridgehead atoms. The van der Waals surface area contributed by atoms with E-state index in [2.05, 4.69) is 28.4 Å². The summed E-state index contributed by atoms with van der Waals surface area (Å²) in [5, 5.41) is 7.63. The van der Waals surface area contributed by atoms with Gasteiger partial charge in [0.25, 0.3) is 0 Å². The Labute approximate surface area is 123 Å². The van der Waals surface area contributed by atoms with Crippen molar-refractivity contribution in [3.8, 4) is 5.82 Å². The smallest absolute Gasteiger partial charge is 0.153 e. The molecule has 1 aromatic carbocycles. The van der Waals surface area contributed by atoms with Crippen LogP contribution < -0.4 is 11.1 Å². The zero-order valence-corrected chi connectivity index (χ0v) is 11.8. The minimum Gasteiger partial charge on any atom is -0.398 e. The quantitative estimate of drug-likeness (QED) is 0.721. The summed E-state index contributed by atoms with van der Waals surface area (Å²) in [6, 6.07) is 11.8. The molecule has 3 N–H and O–H groups in total. The average Bonchev–Trinajstić information content (AvgIpc) is 2.98. The fraction of sp³-hybridized carbons (Fsp3) is 0.125. The van der Waals surface area contributed by atoms with Crippen molar-refractivity contribution >= 4 is 11.4 Å². The highest BCUT2D eigenvalue weighted by Gasteiger charge is 2.03. The maximum absolute atomic E-state index is 5.98. The Morgan fingerprint density at radius 1 is 1.24 bits per heavy atom. The highest BCUT2D eigenvalue weighted by molar-refractivity contribution is 5.51. The number of pyridine rings is 1. The molecule has 0 aliphatic carbocycles. The van der Waals surface area contributed by atoms with E-state index in [0.29, 0.717) is 6.54 Å². The van der Waals surface area contributed by atoms with Crippen LogP contribution in [0, 0.1) is 6.92 Å². The van der Waals surface area contributed by atoms with E-state index in [9.17, 15) is 0 Å². The standard InChI is InChI=1S/C16H17N5/c1-12-5-6-15(17)13(8-12)9-19-14-10-20-21(11-14)16-4-2-3-7-18-16/h2-8,10-11,19H,9,17H2,1H3. The van der Waals surface area contributed by atoms with Gasteiger partial charge >= 0.3 is 0 Å². The van der Waals surface area contributed by atoms with Gasteiger partial charge in [-0.25, -0.2) is 9.67 Å². The van der Waals surface area contributed by atoms with Crippen molar-refractivity contribution in [1.29, 1.82) is 0 Å². The highest BCUT2D eigenvalue weighted by Crippen LogP contribution is 2.16. The second-order valence-electron chi connectivity index (χ2n) is 4.92. The first-order valence-electron chi connectivity index (χ1n) is 6.77. The number of aryl methyl sites for hydroxylation is 1. The van der Waals surface area contributed by atoms with Crippen molar-refractivity contribution < 1.29 is 0 Å². The number of hydrogen-bond donors (Lipinski definition) is 2. The number of hydrogen-bond acceptors (Lipinski definition) is 4. The lowest BCUT2D eigenvalue weighted by Gasteiger charge is -2.08. The molecule has 0 saturated carbocycles. The van der Waals surface area contributed by atoms with Crippen molar-refractivity contribution in [2.45, 2.75) is 13.5 Å². The zero-order chi connectivity index (χ0) is 14.7. The number of benzene rings is 1. The van der Waals surface area contributed by atoms with Crippen LogP contribution in [0.1, 0.15) is 11.1 Å². The Hall–Kier alpha value is -2.82. The number of nitrogens with one attached hydrogen (secondary N) is 1. The summed E-state index contributed by atoms with van der Waals surface area (Å²) in [7, 11) is 0. The molecule has 0 amide bonds. The molecular weight excluding hydrogens is 262 g/mol. The first kappa shape index (κ1) is 13.2. The molecule has 0 radical (unpaired) electrons. The van der Waals surface area contributed by atoms with Crippen LogP contribution in [-0.2, 0) is 6.54 Å². The molecule has 0 unspecified atom stereocenters. The third-order valence-corrected chi connectivity index (χ3v) is 3.25. The Bertz CT molecular complexity index is 733. The maximum Gasteiger partial charge on any atom is 0.153 e. The first-order valence-corrected chi connectivity index (χ1v) is 6.77. The average molecular weight is 279 g/mol. The largest absolute Gasteiger partial charge is 0.398 e. The van der Waals surface area contributed by atoms with Gasteiger partial charge in [-0.3, -0.25) is 0 Å². The molecule has 106 valence electrons. The Morgan fingerprint density at radius 2 is 2.14 bits per heavy atom. The van der Waals surface area contributed by atoms with Gasteiger partial charge in [0.15, 0.2) is 5.82 Å². The number of anilines is 2. The van der Waals surface area contributed by atoms with Crippen molar-refractivity contribution in [2.75, 3.05) is 11.1 Å². The number of nitrogen functional groups attached to an aromatic ring is 1. The molecule has 0 saturated heterocycles. The van der Waals surface area contributed by atoms with Crippen LogP contribution >= 0.6 is 0 Å². The summed E-state index contributed by atoms with van der Waals surface area (Å²) in [5.41, 5.74) is 9.99. The summed E-state index contributed by atoms with van der Waals surface area (Å²) in [5.74, 6) is 0.792. The van der Waals surface area contributed by atoms with Gasteiger partial charge in [0.05, 0.1) is 18.1 Å². The van der Waals surface area contributed by atoms with Gasteiger partial charge in [-0.05, 0) is 30.7 Å². The minimum atomic E-state index is 0.668. The van der Waals surface area contributed by atoms with Crippen molar-refractivity contribution in [3.05, 3.63) is 66.1 Å². The van der Waals surface area contributed by atoms with Gasteiger partial charge in [0.1, 0.15) is 0 Å². The lowest BCUT2D eigenvalue weighted by Crippen LogP contribution is -2.03. The molecule has 21 heavy (non-hydrogen) atoms. The van der Waals surface area contributed by atoms with Crippen molar-refractivity contribution in [3.63, 3.8) is 0 Å². The molecular formula is C16H17N5. The third kappa shape index (κ3) is 3.02. The summed E-state index contributed by atoms with van der Waals surface area (Å²) in [6.07, 6.45) is 5.44. The van der Waals surface area contributed by atoms with E-state index >= 15 is 0 Å². The van der Waals surface area contributed by atoms with Gasteiger partial charge in [-0.1, -0.05) is 23.8 Å². The number of rotatable bonds is 4. The fourth-order valence-electron chi connectivity index (χ4n) is 2.11. The third-order valence-electron chi connectivity index (χ3n) is 3.25. The Balaban J connectivity index is 1.72. The van der Waals surface area contributed by atoms with E-state index in [-0.39, 0.29) is 0 Å². The van der Waals surface area contributed by atoms with Gasteiger partial charge in [-0.15, -0.1) is 0 Å². The van der Waals surface area contributed by atoms with Gasteiger partial charge in [0.2, 0.25) is 0 Å². The molecule has 0 spiro atoms. The molecule has 3 aromatic rings. The summed E-state index contributed by atoms with van der Waals surface area (Å²) in [4.78, 5) is 4.26. The second-order valence-corrected chi connectivity index (χ2v) is 4.92. The number of aromatic nitrogens is 3. The van der Waals surface area contributed by atoms with E-state index in [1.54, 1.807) is 17.1 Å². The van der Waals surface area contributed by atoms with Crippen LogP contribution in [0.15, 0.2) is 55.0 Å². The fourth-order valence-corrected chi connectivity index (χ4v) is 2.11. The van der Waals surface area contributed by atoms with Gasteiger partial charge in [-0.2, -0.15) is 5.10 Å². The van der Waals surface area contributed by atoms with Crippen LogP contribution in [0.5, 0.6) is 0 Å². The molecule has 0 aliphatic heterocycles. The Kier molecular flexibility index (Phi) is 3.55. The van der Waals surface area contributed by atoms with E-state index in [4.69, 9.17) is 5.73 Å². The molecule has 5 heteroatoms. The van der Waals surface area contributed by atoms with Crippen LogP contribution in [0.25, 0.3) is 5.82 Å². The summed E-state index contributed by atoms with van der Waals surface area (Å²) < 4.78 is 1.74. The molecule has 2 heterocycles. The SMILES string of the molecule is Cc1ccc(N)c(CNc2cnn(-c3ccccn3)c2)c1. The predicted octanol–water partition coefficient (Wildman–Crippen LogP) is 2.77. The van der Waals surface area contributed by atoms with Gasteiger partial charge in [0, 0.05) is 18.4 Å². The summed E-state index contributed by atoms with van der Waals surface area (Å²) in [6.45, 7) is 2.73. The van der Waals surface area contributed by atoms with E-state index in [1.807, 2.05) is 36.5 Å². The van der Waals surface area contributed by atoms with E-state index < -0.39 is 0 Å². The second kappa shape index (κ2) is 5.66. The lowest BCUT2D eigenvalue weighted by atomic mass is 10.1. The lowest BCUT2D eigenvalue weighted by molar-refractivity contribution is 0.847. The maximum atomic E-state index is 5.98. The highest BCUT2D eigenvalue weighted by atomic mass is 15.3. The number of nitrogens with zero attached hydrogens (tertiary/aromatic N) is 3. The molecule has 0 fully saturated rings. The minimum absolute atomic E-state index is 0.668. The predicted molar refractivity (Wildman–Crippen MR) is 84.3 cm³/mol. The van der Waals surface area contributed by atoms with Crippen LogP contribution in [0.2, 0.25) is 0 Å². The zero-order valence-electron chi connectivity index (χ0n) is 11.8. The van der Waals surface area contributed by atoms with Crippen LogP contribution in [-0.4, -0.2) is 14.8 Å². The van der Waals surface area contributed by atoms with E-state index in [1.165, 1.54) is 5.56 Å².